The van der Waals surface area contributed by atoms with E-state index in [4.69, 9.17) is 0 Å². The van der Waals surface area contributed by atoms with E-state index in [0.717, 1.165) is 21.2 Å². The average Bonchev–Trinajstić information content (AvgIpc) is 2.75. The Morgan fingerprint density at radius 3 is 2.69 bits per heavy atom. The minimum Gasteiger partial charge on any atom is -0.236 e. The molecule has 3 aromatic rings. The van der Waals surface area contributed by atoms with E-state index in [0.29, 0.717) is 0 Å². The molecule has 0 radical (unpaired) electrons. The van der Waals surface area contributed by atoms with Crippen LogP contribution in [0.1, 0.15) is 0 Å². The molecule has 0 fully saturated rings. The van der Waals surface area contributed by atoms with Crippen molar-refractivity contribution in [1.82, 2.24) is 14.8 Å². The lowest BCUT2D eigenvalue weighted by Crippen LogP contribution is -1.96. The summed E-state index contributed by atoms with van der Waals surface area (Å²) in [6, 6.07) is 11.9. The van der Waals surface area contributed by atoms with E-state index in [2.05, 4.69) is 26.0 Å². The molecular weight excluding hydrogens is 266 g/mol. The zero-order chi connectivity index (χ0) is 11.0. The Morgan fingerprint density at radius 2 is 1.88 bits per heavy atom. The molecule has 0 aliphatic heterocycles. The lowest BCUT2D eigenvalue weighted by molar-refractivity contribution is 0.897. The molecule has 0 bridgehead atoms. The SMILES string of the molecule is Brc1ccnc2c1cnn2-c1ccccc1. The molecule has 0 amide bonds. The Bertz CT molecular complexity index is 631. The number of para-hydroxylation sites is 1. The third-order valence-electron chi connectivity index (χ3n) is 2.42. The van der Waals surface area contributed by atoms with Crippen molar-refractivity contribution in [3.63, 3.8) is 0 Å². The minimum absolute atomic E-state index is 0.862. The fraction of sp³-hybridized carbons (Fsp3) is 0. The van der Waals surface area contributed by atoms with Crippen LogP contribution in [0.15, 0.2) is 53.3 Å². The van der Waals surface area contributed by atoms with Crippen molar-refractivity contribution in [1.29, 1.82) is 0 Å². The van der Waals surface area contributed by atoms with Gasteiger partial charge in [-0.05, 0) is 34.1 Å². The summed E-state index contributed by atoms with van der Waals surface area (Å²) in [4.78, 5) is 4.35. The predicted octanol–water partition coefficient (Wildman–Crippen LogP) is 3.18. The number of pyridine rings is 1. The van der Waals surface area contributed by atoms with Gasteiger partial charge in [-0.1, -0.05) is 18.2 Å². The zero-order valence-corrected chi connectivity index (χ0v) is 9.92. The van der Waals surface area contributed by atoms with Gasteiger partial charge in [0.05, 0.1) is 17.3 Å². The molecule has 2 heterocycles. The van der Waals surface area contributed by atoms with E-state index < -0.39 is 0 Å². The van der Waals surface area contributed by atoms with Crippen LogP contribution >= 0.6 is 15.9 Å². The molecule has 2 aromatic heterocycles. The second-order valence-corrected chi connectivity index (χ2v) is 4.28. The molecule has 0 spiro atoms. The second-order valence-electron chi connectivity index (χ2n) is 3.42. The summed E-state index contributed by atoms with van der Waals surface area (Å²) in [5.41, 5.74) is 1.88. The van der Waals surface area contributed by atoms with Crippen LogP contribution in [-0.4, -0.2) is 14.8 Å². The summed E-state index contributed by atoms with van der Waals surface area (Å²) in [5.74, 6) is 0. The second kappa shape index (κ2) is 3.72. The molecule has 4 heteroatoms. The third-order valence-corrected chi connectivity index (χ3v) is 3.11. The molecule has 3 nitrogen and oxygen atoms in total. The Morgan fingerprint density at radius 1 is 1.06 bits per heavy atom. The molecule has 16 heavy (non-hydrogen) atoms. The maximum atomic E-state index is 4.35. The van der Waals surface area contributed by atoms with Gasteiger partial charge in [-0.2, -0.15) is 5.10 Å². The standard InChI is InChI=1S/C12H8BrN3/c13-11-6-7-14-12-10(11)8-15-16(12)9-4-2-1-3-5-9/h1-8H. The van der Waals surface area contributed by atoms with Gasteiger partial charge in [-0.3, -0.25) is 0 Å². The zero-order valence-electron chi connectivity index (χ0n) is 8.34. The highest BCUT2D eigenvalue weighted by atomic mass is 79.9. The van der Waals surface area contributed by atoms with Crippen molar-refractivity contribution in [2.45, 2.75) is 0 Å². The minimum atomic E-state index is 0.862. The van der Waals surface area contributed by atoms with E-state index in [1.54, 1.807) is 6.20 Å². The van der Waals surface area contributed by atoms with E-state index in [-0.39, 0.29) is 0 Å². The first-order valence-corrected chi connectivity index (χ1v) is 5.69. The number of nitrogens with zero attached hydrogens (tertiary/aromatic N) is 3. The molecule has 0 N–H and O–H groups in total. The highest BCUT2D eigenvalue weighted by Crippen LogP contribution is 2.23. The topological polar surface area (TPSA) is 30.7 Å². The van der Waals surface area contributed by atoms with Crippen LogP contribution < -0.4 is 0 Å². The van der Waals surface area contributed by atoms with Crippen molar-refractivity contribution in [2.24, 2.45) is 0 Å². The number of fused-ring (bicyclic) bond motifs is 1. The molecule has 0 saturated carbocycles. The largest absolute Gasteiger partial charge is 0.236 e. The molecule has 78 valence electrons. The number of hydrogen-bond donors (Lipinski definition) is 0. The van der Waals surface area contributed by atoms with Crippen LogP contribution in [0.4, 0.5) is 0 Å². The lowest BCUT2D eigenvalue weighted by atomic mass is 10.3. The van der Waals surface area contributed by atoms with Gasteiger partial charge in [0.2, 0.25) is 0 Å². The Balaban J connectivity index is 2.30. The molecule has 0 atom stereocenters. The fourth-order valence-corrected chi connectivity index (χ4v) is 2.05. The van der Waals surface area contributed by atoms with Gasteiger partial charge in [-0.15, -0.1) is 0 Å². The maximum Gasteiger partial charge on any atom is 0.164 e. The van der Waals surface area contributed by atoms with Gasteiger partial charge < -0.3 is 0 Å². The summed E-state index contributed by atoms with van der Waals surface area (Å²) in [6.45, 7) is 0. The van der Waals surface area contributed by atoms with Crippen LogP contribution in [0.2, 0.25) is 0 Å². The summed E-state index contributed by atoms with van der Waals surface area (Å²) >= 11 is 3.49. The molecule has 1 aromatic carbocycles. The normalized spacial score (nSPS) is 10.8. The molecule has 0 unspecified atom stereocenters. The summed E-state index contributed by atoms with van der Waals surface area (Å²) in [7, 11) is 0. The van der Waals surface area contributed by atoms with Crippen molar-refractivity contribution in [2.75, 3.05) is 0 Å². The maximum absolute atomic E-state index is 4.35. The first-order chi connectivity index (χ1) is 7.86. The third kappa shape index (κ3) is 1.42. The smallest absolute Gasteiger partial charge is 0.164 e. The highest BCUT2D eigenvalue weighted by molar-refractivity contribution is 9.10. The predicted molar refractivity (Wildman–Crippen MR) is 66.6 cm³/mol. The highest BCUT2D eigenvalue weighted by Gasteiger charge is 2.07. The van der Waals surface area contributed by atoms with E-state index in [1.165, 1.54) is 0 Å². The number of hydrogen-bond acceptors (Lipinski definition) is 2. The van der Waals surface area contributed by atoms with Crippen molar-refractivity contribution in [3.05, 3.63) is 53.3 Å². The fourth-order valence-electron chi connectivity index (χ4n) is 1.66. The van der Waals surface area contributed by atoms with E-state index >= 15 is 0 Å². The Labute approximate surface area is 101 Å². The van der Waals surface area contributed by atoms with Gasteiger partial charge >= 0.3 is 0 Å². The van der Waals surface area contributed by atoms with Crippen LogP contribution in [-0.2, 0) is 0 Å². The van der Waals surface area contributed by atoms with Crippen LogP contribution in [0.3, 0.4) is 0 Å². The van der Waals surface area contributed by atoms with Gasteiger partial charge in [0.15, 0.2) is 5.65 Å². The average molecular weight is 274 g/mol. The first kappa shape index (κ1) is 9.54. The van der Waals surface area contributed by atoms with Gasteiger partial charge in [-0.25, -0.2) is 9.67 Å². The lowest BCUT2D eigenvalue weighted by Gasteiger charge is -2.01. The van der Waals surface area contributed by atoms with Gasteiger partial charge in [0.1, 0.15) is 0 Å². The number of rotatable bonds is 1. The van der Waals surface area contributed by atoms with Crippen molar-refractivity contribution >= 4 is 27.0 Å². The molecule has 0 aliphatic carbocycles. The van der Waals surface area contributed by atoms with E-state index in [9.17, 15) is 0 Å². The van der Waals surface area contributed by atoms with Crippen LogP contribution in [0.25, 0.3) is 16.7 Å². The summed E-state index contributed by atoms with van der Waals surface area (Å²) < 4.78 is 2.85. The Hall–Kier alpha value is -1.68. The Kier molecular flexibility index (Phi) is 2.22. The van der Waals surface area contributed by atoms with Crippen molar-refractivity contribution in [3.8, 4) is 5.69 Å². The van der Waals surface area contributed by atoms with Crippen LogP contribution in [0, 0.1) is 0 Å². The summed E-state index contributed by atoms with van der Waals surface area (Å²) in [5, 5.41) is 5.37. The number of benzene rings is 1. The van der Waals surface area contributed by atoms with Crippen molar-refractivity contribution < 1.29 is 0 Å². The number of aromatic nitrogens is 3. The number of halogens is 1. The quantitative estimate of drug-likeness (QED) is 0.682. The first-order valence-electron chi connectivity index (χ1n) is 4.90. The molecular formula is C12H8BrN3. The van der Waals surface area contributed by atoms with Gasteiger partial charge in [0, 0.05) is 10.7 Å². The molecule has 0 aliphatic rings. The van der Waals surface area contributed by atoms with E-state index in [1.807, 2.05) is 47.3 Å². The molecule has 3 rings (SSSR count). The van der Waals surface area contributed by atoms with Gasteiger partial charge in [0.25, 0.3) is 0 Å². The van der Waals surface area contributed by atoms with Crippen LogP contribution in [0.5, 0.6) is 0 Å². The monoisotopic (exact) mass is 273 g/mol. The molecule has 0 saturated heterocycles. The summed E-state index contributed by atoms with van der Waals surface area (Å²) in [6.07, 6.45) is 3.59.